The second-order valence-electron chi connectivity index (χ2n) is 4.58. The molecule has 0 aromatic heterocycles. The second-order valence-corrected chi connectivity index (χ2v) is 8.71. The summed E-state index contributed by atoms with van der Waals surface area (Å²) in [6, 6.07) is 5.58. The van der Waals surface area contributed by atoms with Crippen LogP contribution in [0, 0.1) is 6.92 Å². The van der Waals surface area contributed by atoms with Gasteiger partial charge in [-0.15, -0.1) is 0 Å². The zero-order valence-corrected chi connectivity index (χ0v) is 13.1. The molecule has 0 spiro atoms. The molecule has 1 aromatic rings. The summed E-state index contributed by atoms with van der Waals surface area (Å²) in [4.78, 5) is 27.8. The minimum absolute atomic E-state index is 0.0590. The molecule has 1 aromatic carbocycles. The van der Waals surface area contributed by atoms with Crippen molar-refractivity contribution in [2.75, 3.05) is 12.8 Å². The van der Waals surface area contributed by atoms with Crippen molar-refractivity contribution in [2.45, 2.75) is 11.9 Å². The van der Waals surface area contributed by atoms with Crippen LogP contribution < -0.4 is 0 Å². The Labute approximate surface area is 122 Å². The third-order valence-electron chi connectivity index (χ3n) is 2.69. The number of rotatable bonds is 5. The molecule has 0 saturated heterocycles. The van der Waals surface area contributed by atoms with Gasteiger partial charge in [-0.1, -0.05) is 29.8 Å². The highest BCUT2D eigenvalue weighted by molar-refractivity contribution is 7.98. The standard InChI is InChI=1S/C11H16NO7PS/c1-8-3-5-9(6-4-8)11(20(15,16)17)21(18,19)7-10(13)12(2)14/h3-6,11,14H,7H2,1-2H3,(H2,15,16,17). The first-order valence-corrected chi connectivity index (χ1v) is 9.13. The summed E-state index contributed by atoms with van der Waals surface area (Å²) in [6.45, 7) is 1.73. The highest BCUT2D eigenvalue weighted by Gasteiger charge is 2.43. The molecule has 0 aliphatic rings. The Morgan fingerprint density at radius 1 is 1.29 bits per heavy atom. The number of aryl methyl sites for hydroxylation is 1. The monoisotopic (exact) mass is 337 g/mol. The van der Waals surface area contributed by atoms with Crippen LogP contribution in [0.5, 0.6) is 0 Å². The van der Waals surface area contributed by atoms with Crippen molar-refractivity contribution in [3.8, 4) is 0 Å². The number of nitrogens with zero attached hydrogens (tertiary/aromatic N) is 1. The second kappa shape index (κ2) is 6.25. The van der Waals surface area contributed by atoms with Crippen LogP contribution in [0.15, 0.2) is 24.3 Å². The molecule has 0 aliphatic carbocycles. The molecule has 1 rings (SSSR count). The van der Waals surface area contributed by atoms with Gasteiger partial charge in [0.15, 0.2) is 14.8 Å². The first kappa shape index (κ1) is 17.8. The molecule has 21 heavy (non-hydrogen) atoms. The maximum atomic E-state index is 12.1. The number of amides is 1. The topological polar surface area (TPSA) is 132 Å². The number of carbonyl (C=O) groups is 1. The van der Waals surface area contributed by atoms with E-state index in [1.165, 1.54) is 24.3 Å². The number of carbonyl (C=O) groups excluding carboxylic acids is 1. The van der Waals surface area contributed by atoms with Crippen molar-refractivity contribution in [3.05, 3.63) is 35.4 Å². The Balaban J connectivity index is 3.30. The van der Waals surface area contributed by atoms with Gasteiger partial charge >= 0.3 is 7.60 Å². The van der Waals surface area contributed by atoms with Crippen LogP contribution in [-0.2, 0) is 19.2 Å². The van der Waals surface area contributed by atoms with Crippen molar-refractivity contribution >= 4 is 23.3 Å². The molecule has 118 valence electrons. The molecule has 8 nitrogen and oxygen atoms in total. The lowest BCUT2D eigenvalue weighted by Gasteiger charge is -2.20. The Kier molecular flexibility index (Phi) is 5.30. The van der Waals surface area contributed by atoms with E-state index in [1.54, 1.807) is 6.92 Å². The Hall–Kier alpha value is -1.25. The van der Waals surface area contributed by atoms with Crippen molar-refractivity contribution in [3.63, 3.8) is 0 Å². The van der Waals surface area contributed by atoms with Crippen LogP contribution in [0.3, 0.4) is 0 Å². The molecule has 3 N–H and O–H groups in total. The zero-order chi connectivity index (χ0) is 16.4. The van der Waals surface area contributed by atoms with Gasteiger partial charge in [0, 0.05) is 7.05 Å². The minimum atomic E-state index is -5.06. The molecular weight excluding hydrogens is 321 g/mol. The van der Waals surface area contributed by atoms with Crippen molar-refractivity contribution in [1.82, 2.24) is 5.06 Å². The van der Waals surface area contributed by atoms with E-state index >= 15 is 0 Å². The van der Waals surface area contributed by atoms with Gasteiger partial charge in [0.1, 0.15) is 5.75 Å². The molecule has 1 amide bonds. The Morgan fingerprint density at radius 2 is 1.76 bits per heavy atom. The van der Waals surface area contributed by atoms with Gasteiger partial charge in [-0.05, 0) is 12.5 Å². The minimum Gasteiger partial charge on any atom is -0.323 e. The largest absolute Gasteiger partial charge is 0.348 e. The number of sulfone groups is 1. The summed E-state index contributed by atoms with van der Waals surface area (Å²) in [6.07, 6.45) is 0. The van der Waals surface area contributed by atoms with Gasteiger partial charge in [0.05, 0.1) is 0 Å². The molecule has 1 atom stereocenters. The lowest BCUT2D eigenvalue weighted by atomic mass is 10.2. The molecular formula is C11H16NO7PS. The average Bonchev–Trinajstić information content (AvgIpc) is 2.29. The summed E-state index contributed by atoms with van der Waals surface area (Å²) >= 11 is 0. The van der Waals surface area contributed by atoms with Crippen LogP contribution in [0.1, 0.15) is 16.1 Å². The van der Waals surface area contributed by atoms with Crippen LogP contribution in [0.2, 0.25) is 0 Å². The lowest BCUT2D eigenvalue weighted by Crippen LogP contribution is -2.32. The predicted molar refractivity (Wildman–Crippen MR) is 74.3 cm³/mol. The molecule has 0 aliphatic heterocycles. The highest BCUT2D eigenvalue weighted by Crippen LogP contribution is 2.55. The number of benzene rings is 1. The molecule has 10 heteroatoms. The fourth-order valence-corrected chi connectivity index (χ4v) is 5.40. The SMILES string of the molecule is Cc1ccc(C(P(=O)(O)O)S(=O)(=O)CC(=O)N(C)O)cc1. The first-order valence-electron chi connectivity index (χ1n) is 5.74. The molecule has 1 unspecified atom stereocenters. The zero-order valence-electron chi connectivity index (χ0n) is 11.4. The van der Waals surface area contributed by atoms with Gasteiger partial charge in [-0.2, -0.15) is 0 Å². The van der Waals surface area contributed by atoms with E-state index < -0.39 is 34.1 Å². The van der Waals surface area contributed by atoms with E-state index in [0.717, 1.165) is 12.6 Å². The lowest BCUT2D eigenvalue weighted by molar-refractivity contribution is -0.156. The van der Waals surface area contributed by atoms with E-state index in [9.17, 15) is 27.6 Å². The fraction of sp³-hybridized carbons (Fsp3) is 0.364. The summed E-state index contributed by atoms with van der Waals surface area (Å²) in [5.41, 5.74) is 0.675. The smallest absolute Gasteiger partial charge is 0.323 e. The third-order valence-corrected chi connectivity index (χ3v) is 6.99. The van der Waals surface area contributed by atoms with Crippen molar-refractivity contribution in [1.29, 1.82) is 0 Å². The normalized spacial score (nSPS) is 13.8. The molecule has 0 saturated carbocycles. The van der Waals surface area contributed by atoms with Crippen molar-refractivity contribution in [2.24, 2.45) is 0 Å². The molecule has 0 heterocycles. The quantitative estimate of drug-likeness (QED) is 0.403. The summed E-state index contributed by atoms with van der Waals surface area (Å²) in [7, 11) is -8.64. The van der Waals surface area contributed by atoms with Gasteiger partial charge in [-0.3, -0.25) is 14.6 Å². The van der Waals surface area contributed by atoms with E-state index in [0.29, 0.717) is 0 Å². The van der Waals surface area contributed by atoms with E-state index in [-0.39, 0.29) is 10.6 Å². The maximum absolute atomic E-state index is 12.1. The average molecular weight is 337 g/mol. The highest BCUT2D eigenvalue weighted by atomic mass is 32.2. The van der Waals surface area contributed by atoms with Crippen LogP contribution >= 0.6 is 7.60 Å². The molecule has 0 bridgehead atoms. The molecule has 0 radical (unpaired) electrons. The van der Waals surface area contributed by atoms with E-state index in [4.69, 9.17) is 5.21 Å². The van der Waals surface area contributed by atoms with Gasteiger partial charge in [0.25, 0.3) is 5.91 Å². The van der Waals surface area contributed by atoms with Gasteiger partial charge in [0.2, 0.25) is 0 Å². The Bertz CT molecular complexity index is 662. The summed E-state index contributed by atoms with van der Waals surface area (Å²) < 4.78 is 35.8. The first-order chi connectivity index (χ1) is 9.45. The van der Waals surface area contributed by atoms with Crippen LogP contribution in [-0.4, -0.2) is 47.2 Å². The molecule has 0 fully saturated rings. The Morgan fingerprint density at radius 3 is 2.14 bits per heavy atom. The third kappa shape index (κ3) is 4.62. The van der Waals surface area contributed by atoms with Crippen molar-refractivity contribution < 1.29 is 32.8 Å². The van der Waals surface area contributed by atoms with Crippen LogP contribution in [0.25, 0.3) is 0 Å². The number of hydroxylamine groups is 2. The van der Waals surface area contributed by atoms with E-state index in [1.807, 2.05) is 0 Å². The van der Waals surface area contributed by atoms with E-state index in [2.05, 4.69) is 0 Å². The summed E-state index contributed by atoms with van der Waals surface area (Å²) in [5.74, 6) is -2.38. The maximum Gasteiger partial charge on any atom is 0.348 e. The van der Waals surface area contributed by atoms with Gasteiger partial charge < -0.3 is 9.79 Å². The summed E-state index contributed by atoms with van der Waals surface area (Å²) in [5, 5.41) is 8.96. The number of hydrogen-bond acceptors (Lipinski definition) is 5. The van der Waals surface area contributed by atoms with Gasteiger partial charge in [-0.25, -0.2) is 13.5 Å². The number of hydrogen-bond donors (Lipinski definition) is 3. The predicted octanol–water partition coefficient (Wildman–Crippen LogP) is 0.434. The van der Waals surface area contributed by atoms with Crippen LogP contribution in [0.4, 0.5) is 0 Å². The fourth-order valence-electron chi connectivity index (χ4n) is 1.69.